The molecular weight excluding hydrogens is 316 g/mol. The first kappa shape index (κ1) is 15.1. The van der Waals surface area contributed by atoms with Gasteiger partial charge >= 0.3 is 0 Å². The minimum Gasteiger partial charge on any atom is -0.426 e. The van der Waals surface area contributed by atoms with Crippen LogP contribution >= 0.6 is 11.6 Å². The summed E-state index contributed by atoms with van der Waals surface area (Å²) in [5, 5.41) is 3.28. The third-order valence-corrected chi connectivity index (χ3v) is 3.20. The number of nitrogens with zero attached hydrogens (tertiary/aromatic N) is 1. The van der Waals surface area contributed by atoms with Crippen molar-refractivity contribution in [2.24, 2.45) is 0 Å². The molecular formula is C17H13ClN2O3. The maximum Gasteiger partial charge on any atom is 0.291 e. The lowest BCUT2D eigenvalue weighted by Crippen LogP contribution is -2.10. The van der Waals surface area contributed by atoms with Crippen LogP contribution < -0.4 is 10.1 Å². The van der Waals surface area contributed by atoms with Gasteiger partial charge in [-0.15, -0.1) is 0 Å². The smallest absolute Gasteiger partial charge is 0.291 e. The van der Waals surface area contributed by atoms with Crippen LogP contribution in [0.4, 0.5) is 5.69 Å². The van der Waals surface area contributed by atoms with Gasteiger partial charge in [0.15, 0.2) is 5.76 Å². The Balaban J connectivity index is 1.71. The highest BCUT2D eigenvalue weighted by Crippen LogP contribution is 2.27. The number of ether oxygens (including phenoxy) is 1. The van der Waals surface area contributed by atoms with Crippen molar-refractivity contribution in [1.29, 1.82) is 0 Å². The van der Waals surface area contributed by atoms with E-state index in [2.05, 4.69) is 10.3 Å². The van der Waals surface area contributed by atoms with Gasteiger partial charge in [0, 0.05) is 29.2 Å². The molecule has 0 saturated heterocycles. The van der Waals surface area contributed by atoms with Crippen LogP contribution in [-0.4, -0.2) is 10.9 Å². The van der Waals surface area contributed by atoms with Gasteiger partial charge in [0.25, 0.3) is 11.9 Å². The standard InChI is InChI=1S/C17H13ClN2O3/c1-11-8-12(18)10-14(9-11)22-16-3-2-15(23-16)17(21)20-13-4-6-19-7-5-13/h2-10H,1H3,(H,19,20,21). The minimum atomic E-state index is -0.367. The Morgan fingerprint density at radius 3 is 2.70 bits per heavy atom. The van der Waals surface area contributed by atoms with E-state index in [4.69, 9.17) is 20.8 Å². The van der Waals surface area contributed by atoms with E-state index in [9.17, 15) is 4.79 Å². The molecule has 1 amide bonds. The van der Waals surface area contributed by atoms with Crippen LogP contribution in [0.15, 0.2) is 59.3 Å². The van der Waals surface area contributed by atoms with Crippen LogP contribution in [0.1, 0.15) is 16.1 Å². The largest absolute Gasteiger partial charge is 0.426 e. The SMILES string of the molecule is Cc1cc(Cl)cc(Oc2ccc(C(=O)Nc3ccncc3)o2)c1. The van der Waals surface area contributed by atoms with E-state index in [0.29, 0.717) is 16.5 Å². The lowest BCUT2D eigenvalue weighted by molar-refractivity contribution is 0.0992. The molecule has 0 radical (unpaired) electrons. The van der Waals surface area contributed by atoms with Crippen molar-refractivity contribution in [2.75, 3.05) is 5.32 Å². The van der Waals surface area contributed by atoms with E-state index in [1.54, 1.807) is 42.7 Å². The van der Waals surface area contributed by atoms with Crippen molar-refractivity contribution < 1.29 is 13.9 Å². The summed E-state index contributed by atoms with van der Waals surface area (Å²) in [6.45, 7) is 1.91. The summed E-state index contributed by atoms with van der Waals surface area (Å²) in [6.07, 6.45) is 3.18. The molecule has 116 valence electrons. The van der Waals surface area contributed by atoms with Crippen LogP contribution in [0.3, 0.4) is 0 Å². The fourth-order valence-corrected chi connectivity index (χ4v) is 2.28. The second kappa shape index (κ2) is 6.54. The summed E-state index contributed by atoms with van der Waals surface area (Å²) in [6, 6.07) is 11.8. The lowest BCUT2D eigenvalue weighted by atomic mass is 10.2. The highest BCUT2D eigenvalue weighted by atomic mass is 35.5. The topological polar surface area (TPSA) is 64.4 Å². The summed E-state index contributed by atoms with van der Waals surface area (Å²) in [4.78, 5) is 16.0. The predicted molar refractivity (Wildman–Crippen MR) is 87.2 cm³/mol. The van der Waals surface area contributed by atoms with Gasteiger partial charge in [-0.1, -0.05) is 11.6 Å². The average Bonchev–Trinajstić information content (AvgIpc) is 2.96. The van der Waals surface area contributed by atoms with E-state index < -0.39 is 0 Å². The van der Waals surface area contributed by atoms with Crippen LogP contribution in [0.5, 0.6) is 11.7 Å². The van der Waals surface area contributed by atoms with E-state index in [1.807, 2.05) is 19.1 Å². The number of nitrogens with one attached hydrogen (secondary N) is 1. The Bertz CT molecular complexity index is 811. The molecule has 2 heterocycles. The molecule has 0 bridgehead atoms. The van der Waals surface area contributed by atoms with Crippen molar-refractivity contribution in [3.05, 3.63) is 71.2 Å². The van der Waals surface area contributed by atoms with Crippen LogP contribution in [0, 0.1) is 6.92 Å². The number of benzene rings is 1. The molecule has 0 aliphatic heterocycles. The number of furan rings is 1. The molecule has 0 fully saturated rings. The molecule has 0 spiro atoms. The number of rotatable bonds is 4. The molecule has 0 unspecified atom stereocenters. The first-order chi connectivity index (χ1) is 11.1. The van der Waals surface area contributed by atoms with Crippen LogP contribution in [-0.2, 0) is 0 Å². The van der Waals surface area contributed by atoms with Crippen molar-refractivity contribution >= 4 is 23.2 Å². The quantitative estimate of drug-likeness (QED) is 0.755. The lowest BCUT2D eigenvalue weighted by Gasteiger charge is -2.04. The number of carbonyl (C=O) groups is 1. The van der Waals surface area contributed by atoms with Gasteiger partial charge < -0.3 is 14.5 Å². The molecule has 6 heteroatoms. The maximum atomic E-state index is 12.1. The normalized spacial score (nSPS) is 10.3. The molecule has 23 heavy (non-hydrogen) atoms. The number of hydrogen-bond acceptors (Lipinski definition) is 4. The second-order valence-electron chi connectivity index (χ2n) is 4.88. The maximum absolute atomic E-state index is 12.1. The number of carbonyl (C=O) groups excluding carboxylic acids is 1. The average molecular weight is 329 g/mol. The number of anilines is 1. The molecule has 1 N–H and O–H groups in total. The summed E-state index contributed by atoms with van der Waals surface area (Å²) in [7, 11) is 0. The van der Waals surface area contributed by atoms with Crippen molar-refractivity contribution in [1.82, 2.24) is 4.98 Å². The summed E-state index contributed by atoms with van der Waals surface area (Å²) >= 11 is 5.98. The molecule has 1 aromatic carbocycles. The molecule has 5 nitrogen and oxygen atoms in total. The van der Waals surface area contributed by atoms with E-state index >= 15 is 0 Å². The Morgan fingerprint density at radius 1 is 1.17 bits per heavy atom. The van der Waals surface area contributed by atoms with Gasteiger partial charge in [0.1, 0.15) is 5.75 Å². The summed E-state index contributed by atoms with van der Waals surface area (Å²) in [5.74, 6) is 0.542. The molecule has 0 aliphatic carbocycles. The molecule has 3 rings (SSSR count). The second-order valence-corrected chi connectivity index (χ2v) is 5.31. The van der Waals surface area contributed by atoms with E-state index in [1.165, 1.54) is 0 Å². The van der Waals surface area contributed by atoms with E-state index in [-0.39, 0.29) is 17.6 Å². The first-order valence-electron chi connectivity index (χ1n) is 6.86. The Labute approximate surface area is 137 Å². The van der Waals surface area contributed by atoms with Gasteiger partial charge in [-0.25, -0.2) is 0 Å². The number of hydrogen-bond donors (Lipinski definition) is 1. The number of aryl methyl sites for hydroxylation is 1. The van der Waals surface area contributed by atoms with Gasteiger partial charge in [-0.2, -0.15) is 0 Å². The zero-order chi connectivity index (χ0) is 16.2. The molecule has 0 atom stereocenters. The number of aromatic nitrogens is 1. The highest BCUT2D eigenvalue weighted by molar-refractivity contribution is 6.30. The van der Waals surface area contributed by atoms with Crippen molar-refractivity contribution in [3.8, 4) is 11.7 Å². The summed E-state index contributed by atoms with van der Waals surface area (Å²) < 4.78 is 11.0. The molecule has 3 aromatic rings. The van der Waals surface area contributed by atoms with Crippen LogP contribution in [0.2, 0.25) is 5.02 Å². The fraction of sp³-hybridized carbons (Fsp3) is 0.0588. The van der Waals surface area contributed by atoms with E-state index in [0.717, 1.165) is 5.56 Å². The molecule has 0 aliphatic rings. The monoisotopic (exact) mass is 328 g/mol. The van der Waals surface area contributed by atoms with Crippen LogP contribution in [0.25, 0.3) is 0 Å². The molecule has 0 saturated carbocycles. The van der Waals surface area contributed by atoms with Gasteiger partial charge in [-0.05, 0) is 48.9 Å². The van der Waals surface area contributed by atoms with Crippen molar-refractivity contribution in [2.45, 2.75) is 6.92 Å². The Kier molecular flexibility index (Phi) is 4.30. The van der Waals surface area contributed by atoms with Gasteiger partial charge in [-0.3, -0.25) is 9.78 Å². The zero-order valence-corrected chi connectivity index (χ0v) is 13.0. The third-order valence-electron chi connectivity index (χ3n) is 2.98. The Morgan fingerprint density at radius 2 is 1.96 bits per heavy atom. The van der Waals surface area contributed by atoms with Crippen molar-refractivity contribution in [3.63, 3.8) is 0 Å². The van der Waals surface area contributed by atoms with Gasteiger partial charge in [0.2, 0.25) is 0 Å². The predicted octanol–water partition coefficient (Wildman–Crippen LogP) is 4.68. The zero-order valence-electron chi connectivity index (χ0n) is 12.2. The molecule has 2 aromatic heterocycles. The highest BCUT2D eigenvalue weighted by Gasteiger charge is 2.13. The number of amides is 1. The minimum absolute atomic E-state index is 0.149. The number of halogens is 1. The fourth-order valence-electron chi connectivity index (χ4n) is 2.00. The Hall–Kier alpha value is -2.79. The number of pyridine rings is 1. The first-order valence-corrected chi connectivity index (χ1v) is 7.24. The summed E-state index contributed by atoms with van der Waals surface area (Å²) in [5.41, 5.74) is 1.60. The third kappa shape index (κ3) is 3.90. The van der Waals surface area contributed by atoms with Gasteiger partial charge in [0.05, 0.1) is 0 Å².